The number of hydrogen-bond donors (Lipinski definition) is 1. The van der Waals surface area contributed by atoms with Gasteiger partial charge in [-0.15, -0.1) is 13.2 Å². The zero-order valence-electron chi connectivity index (χ0n) is 21.5. The van der Waals surface area contributed by atoms with Crippen LogP contribution in [0.5, 0.6) is 5.75 Å². The fraction of sp³-hybridized carbons (Fsp3) is 0.692. The molecule has 11 heteroatoms. The molecule has 2 aliphatic heterocycles. The van der Waals surface area contributed by atoms with Crippen molar-refractivity contribution < 1.29 is 22.6 Å². The van der Waals surface area contributed by atoms with E-state index in [9.17, 15) is 13.2 Å². The first-order valence-corrected chi connectivity index (χ1v) is 13.2. The van der Waals surface area contributed by atoms with E-state index >= 15 is 0 Å². The molecule has 0 bridgehead atoms. The lowest BCUT2D eigenvalue weighted by Crippen LogP contribution is -2.71. The second-order valence-electron chi connectivity index (χ2n) is 11.5. The maximum absolute atomic E-state index is 12.8. The molecule has 0 amide bonds. The average molecular weight is 521 g/mol. The molecule has 0 radical (unpaired) electrons. The highest BCUT2D eigenvalue weighted by Gasteiger charge is 2.61. The summed E-state index contributed by atoms with van der Waals surface area (Å²) in [5.41, 5.74) is 7.88. The van der Waals surface area contributed by atoms with Crippen LogP contribution in [0.3, 0.4) is 0 Å². The van der Waals surface area contributed by atoms with E-state index in [1.165, 1.54) is 30.8 Å². The van der Waals surface area contributed by atoms with Crippen molar-refractivity contribution in [2.45, 2.75) is 63.1 Å². The molecular formula is C26H35F3N6O2. The highest BCUT2D eigenvalue weighted by molar-refractivity contribution is 5.64. The first-order valence-electron chi connectivity index (χ1n) is 13.2. The Balaban J connectivity index is 1.17. The number of aromatic nitrogens is 3. The lowest BCUT2D eigenvalue weighted by molar-refractivity contribution is -0.274. The fourth-order valence-corrected chi connectivity index (χ4v) is 6.85. The van der Waals surface area contributed by atoms with Crippen molar-refractivity contribution in [1.29, 1.82) is 0 Å². The van der Waals surface area contributed by atoms with E-state index in [2.05, 4.69) is 45.1 Å². The van der Waals surface area contributed by atoms with Gasteiger partial charge in [0.05, 0.1) is 12.3 Å². The number of ether oxygens (including phenoxy) is 2. The molecule has 2 saturated carbocycles. The van der Waals surface area contributed by atoms with Gasteiger partial charge in [-0.05, 0) is 57.2 Å². The number of morpholine rings is 1. The van der Waals surface area contributed by atoms with E-state index in [0.717, 1.165) is 39.2 Å². The summed E-state index contributed by atoms with van der Waals surface area (Å²) in [6.07, 6.45) is -0.122. The zero-order chi connectivity index (χ0) is 26.1. The summed E-state index contributed by atoms with van der Waals surface area (Å²) < 4.78 is 50.8. The molecule has 1 spiro atoms. The van der Waals surface area contributed by atoms with Crippen LogP contribution in [-0.4, -0.2) is 82.4 Å². The molecule has 8 nitrogen and oxygen atoms in total. The van der Waals surface area contributed by atoms with Crippen molar-refractivity contribution in [2.75, 3.05) is 45.6 Å². The number of nitrogen functional groups attached to an aromatic ring is 1. The fourth-order valence-electron chi connectivity index (χ4n) is 6.85. The number of likely N-dealkylation sites (tertiary alicyclic amines) is 1. The monoisotopic (exact) mass is 520 g/mol. The van der Waals surface area contributed by atoms with Crippen molar-refractivity contribution in [2.24, 2.45) is 11.8 Å². The maximum Gasteiger partial charge on any atom is 0.573 e. The number of nitrogens with two attached hydrogens (primary N) is 1. The predicted molar refractivity (Wildman–Crippen MR) is 132 cm³/mol. The van der Waals surface area contributed by atoms with E-state index in [0.29, 0.717) is 35.1 Å². The molecule has 2 unspecified atom stereocenters. The zero-order valence-corrected chi connectivity index (χ0v) is 21.5. The second-order valence-corrected chi connectivity index (χ2v) is 11.5. The van der Waals surface area contributed by atoms with E-state index in [4.69, 9.17) is 15.6 Å². The van der Waals surface area contributed by atoms with Crippen LogP contribution in [0.1, 0.15) is 50.8 Å². The molecule has 6 rings (SSSR count). The number of nitrogens with zero attached hydrogens (tertiary/aromatic N) is 5. The molecule has 5 atom stereocenters. The molecule has 4 heterocycles. The molecule has 37 heavy (non-hydrogen) atoms. The number of rotatable bonds is 6. The van der Waals surface area contributed by atoms with Gasteiger partial charge in [0.2, 0.25) is 0 Å². The number of alkyl halides is 3. The van der Waals surface area contributed by atoms with Gasteiger partial charge in [-0.25, -0.2) is 4.98 Å². The standard InChI is InChI=1S/C26H35F3N6O2/c1-4-15(2)35-21(10-20(32-35)16-7-22(24(30)31-11-16)37-26(27,28)29)23-18-8-17(9-19(18)23)34-13-25(14-34)12-33(3)5-6-36-25/h7,10-11,15,17-19,23H,4-6,8-9,12-14H2,1-3H3,(H2,30,31)/t15?,17?,18-,19+,23+. The van der Waals surface area contributed by atoms with Gasteiger partial charge in [0, 0.05) is 61.6 Å². The van der Waals surface area contributed by atoms with Gasteiger partial charge < -0.3 is 20.1 Å². The lowest BCUT2D eigenvalue weighted by atomic mass is 9.88. The second kappa shape index (κ2) is 8.84. The van der Waals surface area contributed by atoms with Crippen LogP contribution in [0.25, 0.3) is 11.3 Å². The third-order valence-corrected chi connectivity index (χ3v) is 8.88. The largest absolute Gasteiger partial charge is 0.573 e. The van der Waals surface area contributed by atoms with Crippen LogP contribution < -0.4 is 10.5 Å². The quantitative estimate of drug-likeness (QED) is 0.619. The number of pyridine rings is 1. The van der Waals surface area contributed by atoms with Crippen molar-refractivity contribution >= 4 is 5.82 Å². The Bertz CT molecular complexity index is 1150. The van der Waals surface area contributed by atoms with Crippen LogP contribution in [0, 0.1) is 11.8 Å². The van der Waals surface area contributed by atoms with Crippen LogP contribution in [-0.2, 0) is 4.74 Å². The minimum Gasteiger partial charge on any atom is -0.402 e. The van der Waals surface area contributed by atoms with Gasteiger partial charge in [-0.3, -0.25) is 9.58 Å². The number of anilines is 1. The van der Waals surface area contributed by atoms with Crippen molar-refractivity contribution in [3.05, 3.63) is 24.0 Å². The highest BCUT2D eigenvalue weighted by Crippen LogP contribution is 2.64. The molecule has 2 saturated heterocycles. The number of likely N-dealkylation sites (N-methyl/N-ethyl adjacent to an activating group) is 1. The lowest BCUT2D eigenvalue weighted by Gasteiger charge is -2.55. The van der Waals surface area contributed by atoms with E-state index in [-0.39, 0.29) is 17.5 Å². The third-order valence-electron chi connectivity index (χ3n) is 8.88. The van der Waals surface area contributed by atoms with Crippen molar-refractivity contribution in [3.63, 3.8) is 0 Å². The van der Waals surface area contributed by atoms with Crippen LogP contribution in [0.2, 0.25) is 0 Å². The van der Waals surface area contributed by atoms with Crippen LogP contribution in [0.4, 0.5) is 19.0 Å². The Morgan fingerprint density at radius 3 is 2.59 bits per heavy atom. The third kappa shape index (κ3) is 4.59. The summed E-state index contributed by atoms with van der Waals surface area (Å²) in [4.78, 5) is 8.90. The highest BCUT2D eigenvalue weighted by atomic mass is 19.4. The molecule has 0 aromatic carbocycles. The summed E-state index contributed by atoms with van der Waals surface area (Å²) in [5, 5.41) is 4.82. The first kappa shape index (κ1) is 24.9. The molecule has 202 valence electrons. The van der Waals surface area contributed by atoms with Crippen molar-refractivity contribution in [3.8, 4) is 17.0 Å². The smallest absolute Gasteiger partial charge is 0.402 e. The maximum atomic E-state index is 12.8. The number of hydrogen-bond acceptors (Lipinski definition) is 7. The molecule has 2 aromatic rings. The van der Waals surface area contributed by atoms with Gasteiger partial charge in [0.25, 0.3) is 0 Å². The number of fused-ring (bicyclic) bond motifs is 1. The minimum atomic E-state index is -4.84. The Morgan fingerprint density at radius 1 is 1.22 bits per heavy atom. The van der Waals surface area contributed by atoms with Gasteiger partial charge in [-0.1, -0.05) is 6.92 Å². The van der Waals surface area contributed by atoms with Gasteiger partial charge in [-0.2, -0.15) is 5.10 Å². The molecule has 2 N–H and O–H groups in total. The Morgan fingerprint density at radius 2 is 1.95 bits per heavy atom. The van der Waals surface area contributed by atoms with E-state index in [1.54, 1.807) is 0 Å². The first-order chi connectivity index (χ1) is 17.6. The Hall–Kier alpha value is -2.37. The Kier molecular flexibility index (Phi) is 5.96. The summed E-state index contributed by atoms with van der Waals surface area (Å²) >= 11 is 0. The molecular weight excluding hydrogens is 485 g/mol. The van der Waals surface area contributed by atoms with Gasteiger partial charge in [0.15, 0.2) is 11.6 Å². The van der Waals surface area contributed by atoms with Gasteiger partial charge >= 0.3 is 6.36 Å². The van der Waals surface area contributed by atoms with Crippen LogP contribution in [0.15, 0.2) is 18.3 Å². The summed E-state index contributed by atoms with van der Waals surface area (Å²) in [6, 6.07) is 4.09. The number of halogens is 3. The molecule has 2 aliphatic carbocycles. The van der Waals surface area contributed by atoms with Gasteiger partial charge in [0.1, 0.15) is 5.60 Å². The molecule has 4 fully saturated rings. The predicted octanol–water partition coefficient (Wildman–Crippen LogP) is 3.91. The topological polar surface area (TPSA) is 81.7 Å². The normalized spacial score (nSPS) is 30.2. The summed E-state index contributed by atoms with van der Waals surface area (Å²) in [5.74, 6) is 0.876. The van der Waals surface area contributed by atoms with Crippen molar-refractivity contribution in [1.82, 2.24) is 24.6 Å². The summed E-state index contributed by atoms with van der Waals surface area (Å²) in [6.45, 7) is 9.12. The minimum absolute atomic E-state index is 0.0189. The average Bonchev–Trinajstić information content (AvgIpc) is 3.15. The molecule has 4 aliphatic rings. The summed E-state index contributed by atoms with van der Waals surface area (Å²) in [7, 11) is 2.17. The van der Waals surface area contributed by atoms with E-state index in [1.807, 2.05) is 6.07 Å². The van der Waals surface area contributed by atoms with E-state index < -0.39 is 12.1 Å². The van der Waals surface area contributed by atoms with Crippen LogP contribution >= 0.6 is 0 Å². The SMILES string of the molecule is CCC(C)n1nc(-c2cnc(N)c(OC(F)(F)F)c2)cc1[C@H]1[C@@H]2CC(N3CC4(CN(C)CCO4)C3)C[C@@H]21. The molecule has 2 aromatic heterocycles. The Labute approximate surface area is 214 Å².